The number of carbonyl (C=O) groups excluding carboxylic acids is 2. The molecule has 12 nitrogen and oxygen atoms in total. The van der Waals surface area contributed by atoms with Gasteiger partial charge in [-0.1, -0.05) is 61.5 Å². The SMILES string of the molecule is COC(=O)C(Oc1ccc(C2OCC(C)(C)CO2)cc1OC)C(O)c1cc(OC)c(O[Si](C)(C)C(C)(C)C)c(-c2cc(C=O)cc(OC)c2O[Si](C)(C)C(C)(C)C)c1. The molecule has 2 unspecified atom stereocenters. The van der Waals surface area contributed by atoms with E-state index < -0.39 is 41.1 Å². The number of esters is 1. The largest absolute Gasteiger partial charge is 0.541 e. The van der Waals surface area contributed by atoms with Gasteiger partial charge in [0.25, 0.3) is 16.6 Å². The van der Waals surface area contributed by atoms with Crippen LogP contribution in [0.25, 0.3) is 11.1 Å². The first-order valence-electron chi connectivity index (χ1n) is 19.4. The van der Waals surface area contributed by atoms with E-state index in [0.717, 1.165) is 6.29 Å². The van der Waals surface area contributed by atoms with E-state index in [1.807, 2.05) is 0 Å². The van der Waals surface area contributed by atoms with Gasteiger partial charge in [0.15, 0.2) is 40.8 Å². The molecule has 1 heterocycles. The van der Waals surface area contributed by atoms with Gasteiger partial charge in [-0.3, -0.25) is 4.79 Å². The lowest BCUT2D eigenvalue weighted by molar-refractivity contribution is -0.226. The van der Waals surface area contributed by atoms with Crippen molar-refractivity contribution < 1.29 is 56.7 Å². The quantitative estimate of drug-likeness (QED) is 0.0886. The molecule has 0 spiro atoms. The van der Waals surface area contributed by atoms with Crippen LogP contribution in [0.2, 0.25) is 36.3 Å². The summed E-state index contributed by atoms with van der Waals surface area (Å²) in [6.45, 7) is 26.4. The van der Waals surface area contributed by atoms with Crippen LogP contribution in [0, 0.1) is 5.41 Å². The number of aliphatic hydroxyl groups excluding tert-OH is 1. The molecule has 320 valence electrons. The second-order valence-corrected chi connectivity index (χ2v) is 28.0. The van der Waals surface area contributed by atoms with Crippen molar-refractivity contribution in [3.63, 3.8) is 0 Å². The zero-order valence-electron chi connectivity index (χ0n) is 37.2. The van der Waals surface area contributed by atoms with Crippen molar-refractivity contribution in [1.82, 2.24) is 0 Å². The number of aliphatic hydroxyl groups is 1. The Balaban J connectivity index is 1.95. The molecule has 0 saturated carbocycles. The average Bonchev–Trinajstić information content (AvgIpc) is 3.15. The van der Waals surface area contributed by atoms with Gasteiger partial charge in [-0.05, 0) is 78.2 Å². The van der Waals surface area contributed by atoms with Gasteiger partial charge < -0.3 is 47.1 Å². The minimum atomic E-state index is -2.58. The molecule has 58 heavy (non-hydrogen) atoms. The predicted molar refractivity (Wildman–Crippen MR) is 229 cm³/mol. The fraction of sp³-hybridized carbons (Fsp3) is 0.545. The van der Waals surface area contributed by atoms with Crippen LogP contribution in [0.4, 0.5) is 0 Å². The van der Waals surface area contributed by atoms with Crippen LogP contribution in [-0.2, 0) is 19.0 Å². The van der Waals surface area contributed by atoms with Crippen LogP contribution in [0.15, 0.2) is 42.5 Å². The van der Waals surface area contributed by atoms with E-state index in [0.29, 0.717) is 52.7 Å². The van der Waals surface area contributed by atoms with Gasteiger partial charge in [0.1, 0.15) is 12.4 Å². The van der Waals surface area contributed by atoms with E-state index in [-0.39, 0.29) is 38.3 Å². The summed E-state index contributed by atoms with van der Waals surface area (Å²) >= 11 is 0. The maximum atomic E-state index is 13.5. The standard InChI is InChI=1S/C44H64O12Si2/c1-42(2,3)57(13,14)55-37-30(19-27(24-45)20-34(37)49-10)31-21-29(23-35(50-11)38(31)56-58(15,16)43(4,5)6)36(46)39(40(47)51-12)54-32-18-17-28(22-33(32)48-9)41-52-25-44(7,8)26-53-41/h17-24,36,39,41,46H,25-26H2,1-16H3. The molecule has 1 aliphatic heterocycles. The van der Waals surface area contributed by atoms with Crippen LogP contribution in [0.1, 0.15) is 89.3 Å². The number of ether oxygens (including phenoxy) is 7. The number of hydrogen-bond acceptors (Lipinski definition) is 12. The Labute approximate surface area is 346 Å². The smallest absolute Gasteiger partial charge is 0.350 e. The Morgan fingerprint density at radius 1 is 0.759 bits per heavy atom. The number of methoxy groups -OCH3 is 4. The third kappa shape index (κ3) is 10.2. The number of aldehydes is 1. The van der Waals surface area contributed by atoms with Crippen LogP contribution < -0.4 is 27.8 Å². The van der Waals surface area contributed by atoms with Crippen molar-refractivity contribution in [2.75, 3.05) is 41.7 Å². The van der Waals surface area contributed by atoms with Crippen molar-refractivity contribution in [2.45, 2.75) is 110 Å². The molecule has 3 aromatic rings. The average molecular weight is 841 g/mol. The molecule has 2 atom stereocenters. The van der Waals surface area contributed by atoms with E-state index in [2.05, 4.69) is 81.6 Å². The predicted octanol–water partition coefficient (Wildman–Crippen LogP) is 9.69. The van der Waals surface area contributed by atoms with Gasteiger partial charge in [-0.25, -0.2) is 4.79 Å². The Kier molecular flexibility index (Phi) is 14.2. The minimum Gasteiger partial charge on any atom is -0.541 e. The molecular formula is C44H64O12Si2. The molecule has 3 aromatic carbocycles. The minimum absolute atomic E-state index is 0.117. The van der Waals surface area contributed by atoms with Gasteiger partial charge in [-0.15, -0.1) is 0 Å². The van der Waals surface area contributed by atoms with Crippen molar-refractivity contribution in [1.29, 1.82) is 0 Å². The zero-order chi connectivity index (χ0) is 43.6. The molecule has 4 rings (SSSR count). The second-order valence-electron chi connectivity index (χ2n) is 18.6. The Hall–Kier alpha value is -4.09. The van der Waals surface area contributed by atoms with Crippen molar-refractivity contribution in [3.05, 3.63) is 59.2 Å². The molecule has 1 fully saturated rings. The molecule has 0 aromatic heterocycles. The van der Waals surface area contributed by atoms with Crippen LogP contribution >= 0.6 is 0 Å². The molecule has 1 saturated heterocycles. The van der Waals surface area contributed by atoms with Gasteiger partial charge >= 0.3 is 5.97 Å². The third-order valence-electron chi connectivity index (χ3n) is 11.4. The van der Waals surface area contributed by atoms with E-state index >= 15 is 0 Å². The summed E-state index contributed by atoms with van der Waals surface area (Å²) < 4.78 is 55.0. The summed E-state index contributed by atoms with van der Waals surface area (Å²) in [5.74, 6) is 1.06. The highest BCUT2D eigenvalue weighted by molar-refractivity contribution is 6.75. The topological polar surface area (TPSA) is 137 Å². The fourth-order valence-corrected chi connectivity index (χ4v) is 7.75. The highest BCUT2D eigenvalue weighted by Gasteiger charge is 2.43. The first kappa shape index (κ1) is 46.6. The molecular weight excluding hydrogens is 777 g/mol. The van der Waals surface area contributed by atoms with Gasteiger partial charge in [0, 0.05) is 27.7 Å². The number of carbonyl (C=O) groups is 2. The summed E-state index contributed by atoms with van der Waals surface area (Å²) in [6, 6.07) is 11.8. The summed E-state index contributed by atoms with van der Waals surface area (Å²) in [6.07, 6.45) is -3.06. The van der Waals surface area contributed by atoms with Crippen LogP contribution in [0.5, 0.6) is 34.5 Å². The van der Waals surface area contributed by atoms with Crippen molar-refractivity contribution in [3.8, 4) is 45.6 Å². The molecule has 0 aliphatic carbocycles. The molecule has 1 aliphatic rings. The summed E-state index contributed by atoms with van der Waals surface area (Å²) in [4.78, 5) is 26.0. The Morgan fingerprint density at radius 2 is 1.26 bits per heavy atom. The third-order valence-corrected chi connectivity index (χ3v) is 20.0. The summed E-state index contributed by atoms with van der Waals surface area (Å²) in [5.41, 5.74) is 2.09. The van der Waals surface area contributed by atoms with E-state index in [9.17, 15) is 14.7 Å². The molecule has 14 heteroatoms. The highest BCUT2D eigenvalue weighted by Crippen LogP contribution is 2.52. The number of rotatable bonds is 15. The van der Waals surface area contributed by atoms with Crippen molar-refractivity contribution >= 4 is 28.9 Å². The normalized spacial score (nSPS) is 16.2. The summed E-state index contributed by atoms with van der Waals surface area (Å²) in [5, 5.41) is 11.8. The highest BCUT2D eigenvalue weighted by atomic mass is 28.4. The molecule has 0 bridgehead atoms. The lowest BCUT2D eigenvalue weighted by Crippen LogP contribution is -2.44. The number of hydrogen-bond donors (Lipinski definition) is 1. The van der Waals surface area contributed by atoms with E-state index in [4.69, 9.17) is 42.0 Å². The number of benzene rings is 3. The lowest BCUT2D eigenvalue weighted by Gasteiger charge is -2.39. The van der Waals surface area contributed by atoms with Crippen LogP contribution in [-0.4, -0.2) is 81.8 Å². The van der Waals surface area contributed by atoms with E-state index in [1.54, 1.807) is 42.5 Å². The summed E-state index contributed by atoms with van der Waals surface area (Å²) in [7, 11) is 0.605. The maximum Gasteiger partial charge on any atom is 0.350 e. The van der Waals surface area contributed by atoms with Crippen molar-refractivity contribution in [2.24, 2.45) is 5.41 Å². The lowest BCUT2D eigenvalue weighted by atomic mass is 9.94. The second kappa shape index (κ2) is 17.6. The van der Waals surface area contributed by atoms with Gasteiger partial charge in [0.2, 0.25) is 6.10 Å². The maximum absolute atomic E-state index is 13.5. The van der Waals surface area contributed by atoms with Gasteiger partial charge in [0.05, 0.1) is 41.7 Å². The Morgan fingerprint density at radius 3 is 1.72 bits per heavy atom. The molecule has 1 N–H and O–H groups in total. The Bertz CT molecular complexity index is 1930. The monoisotopic (exact) mass is 840 g/mol. The molecule has 0 radical (unpaired) electrons. The van der Waals surface area contributed by atoms with E-state index in [1.165, 1.54) is 28.4 Å². The zero-order valence-corrected chi connectivity index (χ0v) is 39.2. The first-order valence-corrected chi connectivity index (χ1v) is 25.3. The first-order chi connectivity index (χ1) is 26.8. The van der Waals surface area contributed by atoms with Crippen LogP contribution in [0.3, 0.4) is 0 Å². The fourth-order valence-electron chi connectivity index (χ4n) is 5.70. The molecule has 0 amide bonds. The van der Waals surface area contributed by atoms with Gasteiger partial charge in [-0.2, -0.15) is 0 Å².